The van der Waals surface area contributed by atoms with Crippen LogP contribution in [0.25, 0.3) is 0 Å². The summed E-state index contributed by atoms with van der Waals surface area (Å²) in [5.41, 5.74) is 0.526. The van der Waals surface area contributed by atoms with Crippen LogP contribution in [-0.2, 0) is 9.47 Å². The van der Waals surface area contributed by atoms with Crippen molar-refractivity contribution in [3.8, 4) is 0 Å². The van der Waals surface area contributed by atoms with Gasteiger partial charge in [-0.1, -0.05) is 0 Å². The first-order valence-corrected chi connectivity index (χ1v) is 12.0. The fourth-order valence-corrected chi connectivity index (χ4v) is 4.92. The smallest absolute Gasteiger partial charge is 0.410 e. The van der Waals surface area contributed by atoms with Gasteiger partial charge in [-0.3, -0.25) is 5.10 Å². The molecule has 2 aromatic heterocycles. The lowest BCUT2D eigenvalue weighted by atomic mass is 9.81. The number of fused-ring (bicyclic) bond motifs is 2. The maximum Gasteiger partial charge on any atom is 0.410 e. The lowest BCUT2D eigenvalue weighted by molar-refractivity contribution is -0.0214. The van der Waals surface area contributed by atoms with E-state index in [9.17, 15) is 9.59 Å². The SMILES string of the molecule is COC(=O)c1cc(Nc2cc(C)[nH]n2)nc(N(C)C2C[C@H]3CCC[C@@H](C2)N3C(=O)OC(C)(C)C)n1. The highest BCUT2D eigenvalue weighted by molar-refractivity contribution is 5.88. The molecule has 2 aromatic rings. The predicted molar refractivity (Wildman–Crippen MR) is 131 cm³/mol. The Morgan fingerprint density at radius 2 is 1.83 bits per heavy atom. The van der Waals surface area contributed by atoms with E-state index in [2.05, 4.69) is 25.5 Å². The molecule has 2 N–H and O–H groups in total. The summed E-state index contributed by atoms with van der Waals surface area (Å²) < 4.78 is 10.6. The maximum atomic E-state index is 12.9. The molecule has 3 atom stereocenters. The average Bonchev–Trinajstić information content (AvgIpc) is 3.20. The Morgan fingerprint density at radius 3 is 2.40 bits per heavy atom. The molecule has 4 rings (SSSR count). The van der Waals surface area contributed by atoms with E-state index in [4.69, 9.17) is 9.47 Å². The molecular formula is C24H35N7O4. The van der Waals surface area contributed by atoms with Crippen LogP contribution in [0.3, 0.4) is 0 Å². The Balaban J connectivity index is 1.56. The van der Waals surface area contributed by atoms with Gasteiger partial charge >= 0.3 is 12.1 Å². The summed E-state index contributed by atoms with van der Waals surface area (Å²) in [6.07, 6.45) is 4.29. The molecule has 2 aliphatic heterocycles. The van der Waals surface area contributed by atoms with Gasteiger partial charge in [0.05, 0.1) is 7.11 Å². The number of amides is 1. The van der Waals surface area contributed by atoms with Crippen molar-refractivity contribution >= 4 is 29.6 Å². The van der Waals surface area contributed by atoms with Crippen LogP contribution in [-0.4, -0.2) is 75.0 Å². The van der Waals surface area contributed by atoms with E-state index in [1.807, 2.05) is 50.6 Å². The van der Waals surface area contributed by atoms with Crippen molar-refractivity contribution in [1.82, 2.24) is 25.1 Å². The van der Waals surface area contributed by atoms with Crippen molar-refractivity contribution in [2.45, 2.75) is 83.5 Å². The first-order chi connectivity index (χ1) is 16.5. The molecule has 11 nitrogen and oxygen atoms in total. The number of esters is 1. The summed E-state index contributed by atoms with van der Waals surface area (Å²) in [5.74, 6) is 0.905. The van der Waals surface area contributed by atoms with Gasteiger partial charge in [0.15, 0.2) is 11.5 Å². The molecule has 0 aromatic carbocycles. The van der Waals surface area contributed by atoms with Gasteiger partial charge < -0.3 is 24.6 Å². The number of carbonyl (C=O) groups is 2. The van der Waals surface area contributed by atoms with Gasteiger partial charge in [-0.25, -0.2) is 14.6 Å². The lowest BCUT2D eigenvalue weighted by Crippen LogP contribution is -2.59. The highest BCUT2D eigenvalue weighted by atomic mass is 16.6. The summed E-state index contributed by atoms with van der Waals surface area (Å²) in [5, 5.41) is 10.2. The summed E-state index contributed by atoms with van der Waals surface area (Å²) in [7, 11) is 3.26. The number of aryl methyl sites for hydroxylation is 1. The van der Waals surface area contributed by atoms with Crippen LogP contribution < -0.4 is 10.2 Å². The average molecular weight is 486 g/mol. The Hall–Kier alpha value is -3.37. The number of aromatic amines is 1. The third-order valence-electron chi connectivity index (χ3n) is 6.49. The van der Waals surface area contributed by atoms with Gasteiger partial charge in [0.2, 0.25) is 5.95 Å². The molecule has 0 aliphatic carbocycles. The molecule has 0 radical (unpaired) electrons. The van der Waals surface area contributed by atoms with Crippen LogP contribution in [0.1, 0.15) is 69.1 Å². The summed E-state index contributed by atoms with van der Waals surface area (Å²) >= 11 is 0. The number of anilines is 3. The standard InChI is InChI=1S/C24H35N7O4/c1-14-10-20(29-28-14)26-19-13-18(21(32)34-6)25-22(27-19)30(5)17-11-15-8-7-9-16(12-17)31(15)23(33)35-24(2,3)4/h10,13,15-17H,7-9,11-12H2,1-6H3,(H2,25,26,27,28,29)/t15-,16+,17?. The Bertz CT molecular complexity index is 1070. The number of H-pyrrole nitrogens is 1. The first kappa shape index (κ1) is 24.7. The largest absolute Gasteiger partial charge is 0.464 e. The normalized spacial score (nSPS) is 21.9. The molecule has 1 unspecified atom stereocenters. The third kappa shape index (κ3) is 5.66. The minimum absolute atomic E-state index is 0.0956. The second-order valence-corrected chi connectivity index (χ2v) is 10.4. The summed E-state index contributed by atoms with van der Waals surface area (Å²) in [4.78, 5) is 38.4. The van der Waals surface area contributed by atoms with E-state index >= 15 is 0 Å². The molecule has 2 saturated heterocycles. The molecule has 2 aliphatic rings. The molecule has 0 spiro atoms. The van der Waals surface area contributed by atoms with E-state index in [0.717, 1.165) is 37.8 Å². The van der Waals surface area contributed by atoms with Crippen LogP contribution >= 0.6 is 0 Å². The van der Waals surface area contributed by atoms with Gasteiger partial charge in [-0.15, -0.1) is 0 Å². The Kier molecular flexibility index (Phi) is 6.86. The van der Waals surface area contributed by atoms with Gasteiger partial charge in [-0.05, 0) is 59.8 Å². The number of nitrogens with one attached hydrogen (secondary N) is 2. The summed E-state index contributed by atoms with van der Waals surface area (Å²) in [6.45, 7) is 7.58. The number of aromatic nitrogens is 4. The number of rotatable bonds is 5. The van der Waals surface area contributed by atoms with Crippen molar-refractivity contribution < 1.29 is 19.1 Å². The van der Waals surface area contributed by atoms with Crippen molar-refractivity contribution in [3.05, 3.63) is 23.5 Å². The van der Waals surface area contributed by atoms with Crippen molar-refractivity contribution in [3.63, 3.8) is 0 Å². The van der Waals surface area contributed by atoms with Crippen molar-refractivity contribution in [2.75, 3.05) is 24.4 Å². The van der Waals surface area contributed by atoms with E-state index in [-0.39, 0.29) is 29.9 Å². The maximum absolute atomic E-state index is 12.9. The Morgan fingerprint density at radius 1 is 1.14 bits per heavy atom. The molecule has 35 heavy (non-hydrogen) atoms. The van der Waals surface area contributed by atoms with E-state index in [0.29, 0.717) is 17.6 Å². The minimum Gasteiger partial charge on any atom is -0.464 e. The molecule has 1 amide bonds. The van der Waals surface area contributed by atoms with Gasteiger partial charge in [0.25, 0.3) is 0 Å². The molecule has 2 fully saturated rings. The molecule has 11 heteroatoms. The predicted octanol–water partition coefficient (Wildman–Crippen LogP) is 3.80. The lowest BCUT2D eigenvalue weighted by Gasteiger charge is -2.50. The van der Waals surface area contributed by atoms with E-state index < -0.39 is 11.6 Å². The number of hydrogen-bond donors (Lipinski definition) is 2. The number of piperidine rings is 2. The number of carbonyl (C=O) groups excluding carboxylic acids is 2. The van der Waals surface area contributed by atoms with Gasteiger partial charge in [-0.2, -0.15) is 10.1 Å². The van der Waals surface area contributed by atoms with Gasteiger partial charge in [0.1, 0.15) is 11.4 Å². The number of nitrogens with zero attached hydrogens (tertiary/aromatic N) is 5. The zero-order chi connectivity index (χ0) is 25.3. The second-order valence-electron chi connectivity index (χ2n) is 10.4. The topological polar surface area (TPSA) is 126 Å². The van der Waals surface area contributed by atoms with Crippen LogP contribution in [0.4, 0.5) is 22.4 Å². The van der Waals surface area contributed by atoms with Crippen LogP contribution in [0.5, 0.6) is 0 Å². The highest BCUT2D eigenvalue weighted by Gasteiger charge is 2.44. The van der Waals surface area contributed by atoms with E-state index in [1.165, 1.54) is 7.11 Å². The number of hydrogen-bond acceptors (Lipinski definition) is 9. The van der Waals surface area contributed by atoms with Crippen LogP contribution in [0.2, 0.25) is 0 Å². The zero-order valence-corrected chi connectivity index (χ0v) is 21.3. The Labute approximate surface area is 205 Å². The van der Waals surface area contributed by atoms with Gasteiger partial charge in [0, 0.05) is 43.0 Å². The minimum atomic E-state index is -0.542. The van der Waals surface area contributed by atoms with Crippen molar-refractivity contribution in [2.24, 2.45) is 0 Å². The van der Waals surface area contributed by atoms with E-state index in [1.54, 1.807) is 6.07 Å². The monoisotopic (exact) mass is 485 g/mol. The number of ether oxygens (including phenoxy) is 2. The van der Waals surface area contributed by atoms with Crippen molar-refractivity contribution in [1.29, 1.82) is 0 Å². The highest BCUT2D eigenvalue weighted by Crippen LogP contribution is 2.37. The quantitative estimate of drug-likeness (QED) is 0.608. The molecule has 190 valence electrons. The molecule has 4 heterocycles. The molecular weight excluding hydrogens is 450 g/mol. The molecule has 2 bridgehead atoms. The fourth-order valence-electron chi connectivity index (χ4n) is 4.92. The van der Waals surface area contributed by atoms with Crippen LogP contribution in [0.15, 0.2) is 12.1 Å². The zero-order valence-electron chi connectivity index (χ0n) is 21.3. The third-order valence-corrected chi connectivity index (χ3v) is 6.49. The number of methoxy groups -OCH3 is 1. The second kappa shape index (κ2) is 9.71. The summed E-state index contributed by atoms with van der Waals surface area (Å²) in [6, 6.07) is 3.69. The fraction of sp³-hybridized carbons (Fsp3) is 0.625. The molecule has 0 saturated carbocycles. The van der Waals surface area contributed by atoms with Crippen LogP contribution in [0, 0.1) is 6.92 Å². The first-order valence-electron chi connectivity index (χ1n) is 12.0.